The van der Waals surface area contributed by atoms with Gasteiger partial charge in [0.1, 0.15) is 0 Å². The minimum Gasteiger partial charge on any atom is -0.472 e. The standard InChI is InChI=1S/C11H16N2O2/c1-13-7-10(2-3-11(13)14)12-6-9-4-5-15-8-9/h4-5,8,10,12H,2-3,6-7H2,1H3. The molecule has 1 atom stereocenters. The third kappa shape index (κ3) is 2.59. The molecule has 2 rings (SSSR count). The quantitative estimate of drug-likeness (QED) is 0.805. The van der Waals surface area contributed by atoms with Gasteiger partial charge in [0.05, 0.1) is 12.5 Å². The molecule has 0 aliphatic carbocycles. The highest BCUT2D eigenvalue weighted by Gasteiger charge is 2.22. The van der Waals surface area contributed by atoms with Crippen LogP contribution in [0, 0.1) is 0 Å². The highest BCUT2D eigenvalue weighted by Crippen LogP contribution is 2.10. The summed E-state index contributed by atoms with van der Waals surface area (Å²) in [5.41, 5.74) is 1.15. The molecule has 1 aliphatic rings. The van der Waals surface area contributed by atoms with Crippen molar-refractivity contribution in [2.24, 2.45) is 0 Å². The minimum atomic E-state index is 0.247. The zero-order valence-corrected chi connectivity index (χ0v) is 8.90. The molecule has 0 radical (unpaired) electrons. The van der Waals surface area contributed by atoms with Crippen LogP contribution >= 0.6 is 0 Å². The summed E-state index contributed by atoms with van der Waals surface area (Å²) in [6, 6.07) is 2.35. The Kier molecular flexibility index (Phi) is 3.06. The average molecular weight is 208 g/mol. The highest BCUT2D eigenvalue weighted by atomic mass is 16.3. The highest BCUT2D eigenvalue weighted by molar-refractivity contribution is 5.76. The van der Waals surface area contributed by atoms with Crippen molar-refractivity contribution in [1.82, 2.24) is 10.2 Å². The number of nitrogens with one attached hydrogen (secondary N) is 1. The fourth-order valence-corrected chi connectivity index (χ4v) is 1.83. The Bertz CT molecular complexity index is 321. The van der Waals surface area contributed by atoms with Crippen molar-refractivity contribution in [1.29, 1.82) is 0 Å². The Morgan fingerprint density at radius 1 is 1.67 bits per heavy atom. The van der Waals surface area contributed by atoms with Crippen LogP contribution in [0.5, 0.6) is 0 Å². The summed E-state index contributed by atoms with van der Waals surface area (Å²) >= 11 is 0. The second kappa shape index (κ2) is 4.49. The van der Waals surface area contributed by atoms with Gasteiger partial charge in [-0.15, -0.1) is 0 Å². The van der Waals surface area contributed by atoms with Crippen molar-refractivity contribution in [3.63, 3.8) is 0 Å². The van der Waals surface area contributed by atoms with Crippen LogP contribution in [0.1, 0.15) is 18.4 Å². The Labute approximate surface area is 89.2 Å². The van der Waals surface area contributed by atoms with E-state index in [9.17, 15) is 4.79 Å². The lowest BCUT2D eigenvalue weighted by Crippen LogP contribution is -2.46. The predicted molar refractivity (Wildman–Crippen MR) is 56.2 cm³/mol. The third-order valence-electron chi connectivity index (χ3n) is 2.80. The summed E-state index contributed by atoms with van der Waals surface area (Å²) in [7, 11) is 1.86. The zero-order valence-electron chi connectivity index (χ0n) is 8.90. The molecule has 15 heavy (non-hydrogen) atoms. The maximum absolute atomic E-state index is 11.3. The van der Waals surface area contributed by atoms with E-state index in [4.69, 9.17) is 4.42 Å². The Balaban J connectivity index is 1.78. The molecule has 1 aromatic rings. The molecule has 1 aromatic heterocycles. The number of likely N-dealkylation sites (N-methyl/N-ethyl adjacent to an activating group) is 1. The fraction of sp³-hybridized carbons (Fsp3) is 0.545. The van der Waals surface area contributed by atoms with E-state index in [0.29, 0.717) is 12.5 Å². The summed E-state index contributed by atoms with van der Waals surface area (Å²) in [4.78, 5) is 13.0. The lowest BCUT2D eigenvalue weighted by Gasteiger charge is -2.30. The molecule has 4 nitrogen and oxygen atoms in total. The normalized spacial score (nSPS) is 22.1. The summed E-state index contributed by atoms with van der Waals surface area (Å²) in [6.07, 6.45) is 5.00. The van der Waals surface area contributed by atoms with Crippen molar-refractivity contribution < 1.29 is 9.21 Å². The average Bonchev–Trinajstić information content (AvgIpc) is 2.73. The van der Waals surface area contributed by atoms with E-state index in [-0.39, 0.29) is 5.91 Å². The predicted octanol–water partition coefficient (Wildman–Crippen LogP) is 0.990. The lowest BCUT2D eigenvalue weighted by molar-refractivity contribution is -0.132. The molecule has 0 aromatic carbocycles. The van der Waals surface area contributed by atoms with E-state index in [1.165, 1.54) is 0 Å². The number of hydrogen-bond acceptors (Lipinski definition) is 3. The summed E-state index contributed by atoms with van der Waals surface area (Å²) in [5.74, 6) is 0.247. The summed E-state index contributed by atoms with van der Waals surface area (Å²) < 4.78 is 4.99. The number of rotatable bonds is 3. The van der Waals surface area contributed by atoms with Gasteiger partial charge in [-0.2, -0.15) is 0 Å². The SMILES string of the molecule is CN1CC(NCc2ccoc2)CCC1=O. The van der Waals surface area contributed by atoms with Gasteiger partial charge in [-0.05, 0) is 12.5 Å². The van der Waals surface area contributed by atoms with Gasteiger partial charge < -0.3 is 14.6 Å². The zero-order chi connectivity index (χ0) is 10.7. The van der Waals surface area contributed by atoms with Gasteiger partial charge in [-0.25, -0.2) is 0 Å². The van der Waals surface area contributed by atoms with Crippen molar-refractivity contribution in [3.05, 3.63) is 24.2 Å². The van der Waals surface area contributed by atoms with Crippen LogP contribution in [0.2, 0.25) is 0 Å². The van der Waals surface area contributed by atoms with Crippen LogP contribution in [0.3, 0.4) is 0 Å². The molecule has 0 spiro atoms. The van der Waals surface area contributed by atoms with E-state index in [1.54, 1.807) is 17.4 Å². The second-order valence-electron chi connectivity index (χ2n) is 4.02. The number of nitrogens with zero attached hydrogens (tertiary/aromatic N) is 1. The molecule has 0 bridgehead atoms. The van der Waals surface area contributed by atoms with Gasteiger partial charge in [0, 0.05) is 38.2 Å². The number of piperidine rings is 1. The minimum absolute atomic E-state index is 0.247. The first-order valence-electron chi connectivity index (χ1n) is 5.24. The summed E-state index contributed by atoms with van der Waals surface area (Å²) in [6.45, 7) is 1.61. The number of likely N-dealkylation sites (tertiary alicyclic amines) is 1. The molecule has 0 saturated carbocycles. The van der Waals surface area contributed by atoms with Gasteiger partial charge in [-0.1, -0.05) is 0 Å². The van der Waals surface area contributed by atoms with Crippen LogP contribution in [-0.2, 0) is 11.3 Å². The van der Waals surface area contributed by atoms with E-state index in [0.717, 1.165) is 25.1 Å². The third-order valence-corrected chi connectivity index (χ3v) is 2.80. The lowest BCUT2D eigenvalue weighted by atomic mass is 10.1. The van der Waals surface area contributed by atoms with E-state index >= 15 is 0 Å². The van der Waals surface area contributed by atoms with Gasteiger partial charge >= 0.3 is 0 Å². The van der Waals surface area contributed by atoms with Gasteiger partial charge in [0.15, 0.2) is 0 Å². The van der Waals surface area contributed by atoms with E-state index in [1.807, 2.05) is 13.1 Å². The molecule has 82 valence electrons. The number of hydrogen-bond donors (Lipinski definition) is 1. The van der Waals surface area contributed by atoms with Crippen molar-refractivity contribution in [3.8, 4) is 0 Å². The van der Waals surface area contributed by atoms with Crippen LogP contribution < -0.4 is 5.32 Å². The second-order valence-corrected chi connectivity index (χ2v) is 4.02. The molecule has 4 heteroatoms. The molecule has 2 heterocycles. The first-order chi connectivity index (χ1) is 7.25. The van der Waals surface area contributed by atoms with Gasteiger partial charge in [0.25, 0.3) is 0 Å². The van der Waals surface area contributed by atoms with Crippen molar-refractivity contribution >= 4 is 5.91 Å². The fourth-order valence-electron chi connectivity index (χ4n) is 1.83. The van der Waals surface area contributed by atoms with Crippen LogP contribution in [0.15, 0.2) is 23.0 Å². The topological polar surface area (TPSA) is 45.5 Å². The number of amides is 1. The van der Waals surface area contributed by atoms with Crippen LogP contribution in [0.25, 0.3) is 0 Å². The summed E-state index contributed by atoms with van der Waals surface area (Å²) in [5, 5.41) is 3.42. The van der Waals surface area contributed by atoms with Gasteiger partial charge in [-0.3, -0.25) is 4.79 Å². The largest absolute Gasteiger partial charge is 0.472 e. The first-order valence-corrected chi connectivity index (χ1v) is 5.24. The van der Waals surface area contributed by atoms with E-state index < -0.39 is 0 Å². The Morgan fingerprint density at radius 2 is 2.53 bits per heavy atom. The Hall–Kier alpha value is -1.29. The van der Waals surface area contributed by atoms with Crippen LogP contribution in [0.4, 0.5) is 0 Å². The first kappa shape index (κ1) is 10.2. The molecule has 1 amide bonds. The molecule has 1 N–H and O–H groups in total. The van der Waals surface area contributed by atoms with Crippen molar-refractivity contribution in [2.45, 2.75) is 25.4 Å². The molecule has 1 unspecified atom stereocenters. The van der Waals surface area contributed by atoms with E-state index in [2.05, 4.69) is 5.32 Å². The monoisotopic (exact) mass is 208 g/mol. The molecular formula is C11H16N2O2. The number of carbonyl (C=O) groups excluding carboxylic acids is 1. The number of furan rings is 1. The van der Waals surface area contributed by atoms with Crippen LogP contribution in [-0.4, -0.2) is 30.4 Å². The molecular weight excluding hydrogens is 192 g/mol. The maximum Gasteiger partial charge on any atom is 0.222 e. The number of carbonyl (C=O) groups is 1. The van der Waals surface area contributed by atoms with Crippen molar-refractivity contribution in [2.75, 3.05) is 13.6 Å². The smallest absolute Gasteiger partial charge is 0.222 e. The Morgan fingerprint density at radius 3 is 3.20 bits per heavy atom. The maximum atomic E-state index is 11.3. The molecule has 1 aliphatic heterocycles. The molecule has 1 fully saturated rings. The van der Waals surface area contributed by atoms with Gasteiger partial charge in [0.2, 0.25) is 5.91 Å². The molecule has 1 saturated heterocycles.